The molecule has 1 aromatic carbocycles. The van der Waals surface area contributed by atoms with E-state index in [4.69, 9.17) is 4.74 Å². The number of ether oxygens (including phenoxy) is 1. The minimum absolute atomic E-state index is 0.130. The number of aliphatic hydroxyl groups is 2. The van der Waals surface area contributed by atoms with E-state index in [2.05, 4.69) is 21.6 Å². The lowest BCUT2D eigenvalue weighted by atomic mass is 9.74. The van der Waals surface area contributed by atoms with Crippen LogP contribution >= 0.6 is 11.8 Å². The van der Waals surface area contributed by atoms with E-state index in [1.54, 1.807) is 7.11 Å². The Hall–Kier alpha value is -1.41. The topological polar surface area (TPSA) is 65.8 Å². The van der Waals surface area contributed by atoms with Gasteiger partial charge in [0.2, 0.25) is 0 Å². The fourth-order valence-corrected chi connectivity index (χ4v) is 6.95. The lowest BCUT2D eigenvalue weighted by molar-refractivity contribution is 0.0253. The van der Waals surface area contributed by atoms with Crippen LogP contribution in [0.4, 0.5) is 4.39 Å². The predicted octanol–water partition coefficient (Wildman–Crippen LogP) is 5.28. The number of rotatable bonds is 11. The van der Waals surface area contributed by atoms with E-state index < -0.39 is 12.8 Å². The predicted molar refractivity (Wildman–Crippen MR) is 137 cm³/mol. The van der Waals surface area contributed by atoms with E-state index in [0.717, 1.165) is 49.5 Å². The summed E-state index contributed by atoms with van der Waals surface area (Å²) >= 11 is 2.13. The number of nitrogens with zero attached hydrogens (tertiary/aromatic N) is 2. The van der Waals surface area contributed by atoms with E-state index in [-0.39, 0.29) is 12.0 Å². The van der Waals surface area contributed by atoms with Crippen molar-refractivity contribution in [3.63, 3.8) is 0 Å². The molecule has 5 nitrogen and oxygen atoms in total. The number of piperidine rings is 1. The molecule has 1 atom stereocenters. The molecule has 188 valence electrons. The van der Waals surface area contributed by atoms with E-state index in [1.807, 2.05) is 18.2 Å². The third kappa shape index (κ3) is 6.04. The molecule has 2 aliphatic rings. The molecule has 1 aromatic heterocycles. The highest BCUT2D eigenvalue weighted by molar-refractivity contribution is 7.99. The Morgan fingerprint density at radius 1 is 1.26 bits per heavy atom. The maximum atomic E-state index is 13.8. The van der Waals surface area contributed by atoms with E-state index in [0.29, 0.717) is 28.8 Å². The zero-order chi connectivity index (χ0) is 24.0. The summed E-state index contributed by atoms with van der Waals surface area (Å²) in [5, 5.41) is 23.1. The fourth-order valence-electron chi connectivity index (χ4n) is 5.59. The minimum atomic E-state index is -0.812. The van der Waals surface area contributed by atoms with Crippen molar-refractivity contribution in [1.82, 2.24) is 9.88 Å². The van der Waals surface area contributed by atoms with Crippen molar-refractivity contribution < 1.29 is 19.3 Å². The molecule has 1 saturated heterocycles. The summed E-state index contributed by atoms with van der Waals surface area (Å²) < 4.78 is 19.2. The molecular formula is C27H39FN2O3S. The van der Waals surface area contributed by atoms with Crippen LogP contribution in [0.3, 0.4) is 0 Å². The number of likely N-dealkylation sites (tertiary alicyclic amines) is 1. The lowest BCUT2D eigenvalue weighted by Gasteiger charge is -2.41. The Kier molecular flexibility index (Phi) is 9.08. The molecule has 1 aliphatic heterocycles. The van der Waals surface area contributed by atoms with Crippen LogP contribution in [0.2, 0.25) is 0 Å². The molecular weight excluding hydrogens is 451 g/mol. The lowest BCUT2D eigenvalue weighted by Crippen LogP contribution is -2.43. The molecule has 0 amide bonds. The molecule has 2 heterocycles. The third-order valence-corrected chi connectivity index (χ3v) is 9.30. The standard InChI is InChI=1S/C27H39FN2O3S/c1-33-21-6-7-24-23(16-21)26(20(17-28)18-29-24)25(32)8-9-27(19-31)10-12-30(13-11-27)14-15-34-22-4-2-3-5-22/h6-7,16,18,22,25,31-32H,2-5,8-15,17,19H2,1H3/t25-/m0/s1. The molecule has 1 aliphatic carbocycles. The number of benzene rings is 1. The molecule has 7 heteroatoms. The molecule has 1 saturated carbocycles. The molecule has 0 unspecified atom stereocenters. The van der Waals surface area contributed by atoms with Gasteiger partial charge in [0.15, 0.2) is 0 Å². The first-order valence-electron chi connectivity index (χ1n) is 12.7. The van der Waals surface area contributed by atoms with Crippen LogP contribution in [0.1, 0.15) is 68.6 Å². The second-order valence-electron chi connectivity index (χ2n) is 10.0. The molecule has 4 rings (SSSR count). The van der Waals surface area contributed by atoms with Crippen molar-refractivity contribution >= 4 is 22.7 Å². The van der Waals surface area contributed by atoms with Crippen LogP contribution in [-0.4, -0.2) is 64.5 Å². The first kappa shape index (κ1) is 25.7. The Morgan fingerprint density at radius 2 is 2.03 bits per heavy atom. The molecule has 2 fully saturated rings. The molecule has 0 bridgehead atoms. The summed E-state index contributed by atoms with van der Waals surface area (Å²) in [5.74, 6) is 1.85. The van der Waals surface area contributed by atoms with Crippen molar-refractivity contribution in [3.05, 3.63) is 35.5 Å². The second-order valence-corrected chi connectivity index (χ2v) is 11.5. The zero-order valence-corrected chi connectivity index (χ0v) is 21.2. The Bertz CT molecular complexity index is 924. The molecule has 0 spiro atoms. The van der Waals surface area contributed by atoms with Crippen molar-refractivity contribution in [1.29, 1.82) is 0 Å². The first-order chi connectivity index (χ1) is 16.6. The van der Waals surface area contributed by atoms with Crippen LogP contribution in [0.15, 0.2) is 24.4 Å². The summed E-state index contributed by atoms with van der Waals surface area (Å²) in [6.45, 7) is 2.56. The monoisotopic (exact) mass is 490 g/mol. The van der Waals surface area contributed by atoms with Crippen LogP contribution in [-0.2, 0) is 6.67 Å². The van der Waals surface area contributed by atoms with Gasteiger partial charge in [0.25, 0.3) is 0 Å². The van der Waals surface area contributed by atoms with E-state index >= 15 is 0 Å². The van der Waals surface area contributed by atoms with Gasteiger partial charge in [-0.3, -0.25) is 4.98 Å². The van der Waals surface area contributed by atoms with Gasteiger partial charge in [0.1, 0.15) is 12.4 Å². The summed E-state index contributed by atoms with van der Waals surface area (Å²) in [4.78, 5) is 6.88. The maximum Gasteiger partial charge on any atom is 0.119 e. The van der Waals surface area contributed by atoms with Crippen molar-refractivity contribution in [2.75, 3.05) is 39.1 Å². The van der Waals surface area contributed by atoms with Gasteiger partial charge in [-0.05, 0) is 80.8 Å². The number of thioether (sulfide) groups is 1. The van der Waals surface area contributed by atoms with Gasteiger partial charge in [0.05, 0.1) is 18.7 Å². The Morgan fingerprint density at radius 3 is 2.71 bits per heavy atom. The highest BCUT2D eigenvalue weighted by Gasteiger charge is 2.34. The Labute approximate surface area is 207 Å². The number of halogens is 1. The van der Waals surface area contributed by atoms with Gasteiger partial charge in [0, 0.05) is 41.3 Å². The van der Waals surface area contributed by atoms with Gasteiger partial charge in [-0.1, -0.05) is 12.8 Å². The Balaban J connectivity index is 1.36. The number of aromatic nitrogens is 1. The van der Waals surface area contributed by atoms with Crippen molar-refractivity contribution in [2.45, 2.75) is 69.4 Å². The van der Waals surface area contributed by atoms with Crippen LogP contribution in [0.25, 0.3) is 10.9 Å². The fraction of sp³-hybridized carbons (Fsp3) is 0.667. The smallest absolute Gasteiger partial charge is 0.119 e. The normalized spacial score (nSPS) is 20.1. The quantitative estimate of drug-likeness (QED) is 0.447. The third-order valence-electron chi connectivity index (χ3n) is 7.94. The zero-order valence-electron chi connectivity index (χ0n) is 20.3. The van der Waals surface area contributed by atoms with E-state index in [1.165, 1.54) is 37.6 Å². The number of hydrogen-bond donors (Lipinski definition) is 2. The number of fused-ring (bicyclic) bond motifs is 1. The number of hydrogen-bond acceptors (Lipinski definition) is 6. The van der Waals surface area contributed by atoms with Crippen LogP contribution in [0, 0.1) is 5.41 Å². The highest BCUT2D eigenvalue weighted by Crippen LogP contribution is 2.40. The number of alkyl halides is 1. The van der Waals surface area contributed by atoms with Gasteiger partial charge >= 0.3 is 0 Å². The SMILES string of the molecule is COc1ccc2ncc(CF)c([C@@H](O)CCC3(CO)CCN(CCSC4CCCC4)CC3)c2c1. The summed E-state index contributed by atoms with van der Waals surface area (Å²) in [6.07, 6.45) is 9.33. The maximum absolute atomic E-state index is 13.8. The van der Waals surface area contributed by atoms with Crippen LogP contribution < -0.4 is 4.74 Å². The first-order valence-corrected chi connectivity index (χ1v) is 13.8. The number of pyridine rings is 1. The largest absolute Gasteiger partial charge is 0.497 e. The van der Waals surface area contributed by atoms with Gasteiger partial charge in [-0.25, -0.2) is 4.39 Å². The highest BCUT2D eigenvalue weighted by atomic mass is 32.2. The van der Waals surface area contributed by atoms with Gasteiger partial charge in [-0.15, -0.1) is 0 Å². The molecule has 2 aromatic rings. The average molecular weight is 491 g/mol. The molecule has 34 heavy (non-hydrogen) atoms. The summed E-state index contributed by atoms with van der Waals surface area (Å²) in [7, 11) is 1.59. The van der Waals surface area contributed by atoms with Gasteiger partial charge < -0.3 is 19.8 Å². The molecule has 0 radical (unpaired) electrons. The summed E-state index contributed by atoms with van der Waals surface area (Å²) in [5.41, 5.74) is 1.56. The summed E-state index contributed by atoms with van der Waals surface area (Å²) in [6, 6.07) is 5.48. The van der Waals surface area contributed by atoms with E-state index in [9.17, 15) is 14.6 Å². The number of methoxy groups -OCH3 is 1. The van der Waals surface area contributed by atoms with Crippen molar-refractivity contribution in [3.8, 4) is 5.75 Å². The minimum Gasteiger partial charge on any atom is -0.497 e. The van der Waals surface area contributed by atoms with Gasteiger partial charge in [-0.2, -0.15) is 11.8 Å². The average Bonchev–Trinajstić information content (AvgIpc) is 3.40. The number of aliphatic hydroxyl groups excluding tert-OH is 2. The molecule has 2 N–H and O–H groups in total. The van der Waals surface area contributed by atoms with Crippen molar-refractivity contribution in [2.24, 2.45) is 5.41 Å². The second kappa shape index (κ2) is 12.0. The van der Waals surface area contributed by atoms with Crippen LogP contribution in [0.5, 0.6) is 5.75 Å².